The normalized spacial score (nSPS) is 9.93. The highest BCUT2D eigenvalue weighted by molar-refractivity contribution is 5.73. The summed E-state index contributed by atoms with van der Waals surface area (Å²) in [5.41, 5.74) is 0.901. The van der Waals surface area contributed by atoms with Gasteiger partial charge in [-0.15, -0.1) is 0 Å². The second-order valence-electron chi connectivity index (χ2n) is 2.90. The molecule has 74 valence electrons. The van der Waals surface area contributed by atoms with Crippen LogP contribution < -0.4 is 0 Å². The van der Waals surface area contributed by atoms with E-state index in [1.807, 2.05) is 0 Å². The number of carbonyl (C=O) groups is 1. The smallest absolute Gasteiger partial charge is 0.171 e. The number of pyridine rings is 2. The molecular formula is C11H7FN2O. The fourth-order valence-corrected chi connectivity index (χ4v) is 1.20. The molecule has 4 heteroatoms. The minimum atomic E-state index is -0.621. The van der Waals surface area contributed by atoms with Crippen molar-refractivity contribution in [3.8, 4) is 11.4 Å². The molecule has 0 spiro atoms. The van der Waals surface area contributed by atoms with Gasteiger partial charge >= 0.3 is 0 Å². The fourth-order valence-electron chi connectivity index (χ4n) is 1.20. The van der Waals surface area contributed by atoms with Gasteiger partial charge in [0.25, 0.3) is 0 Å². The number of aldehydes is 1. The number of halogens is 1. The molecule has 2 rings (SSSR count). The van der Waals surface area contributed by atoms with Crippen molar-refractivity contribution in [3.63, 3.8) is 0 Å². The number of hydrogen-bond acceptors (Lipinski definition) is 3. The first kappa shape index (κ1) is 9.45. The first-order valence-corrected chi connectivity index (χ1v) is 4.34. The fraction of sp³-hybridized carbons (Fsp3) is 0. The third-order valence-corrected chi connectivity index (χ3v) is 1.91. The lowest BCUT2D eigenvalue weighted by Gasteiger charge is -2.00. The summed E-state index contributed by atoms with van der Waals surface area (Å²) in [7, 11) is 0. The van der Waals surface area contributed by atoms with Crippen LogP contribution in [0, 0.1) is 5.82 Å². The van der Waals surface area contributed by atoms with Crippen molar-refractivity contribution in [2.75, 3.05) is 0 Å². The average molecular weight is 202 g/mol. The van der Waals surface area contributed by atoms with Gasteiger partial charge in [-0.05, 0) is 24.3 Å². The van der Waals surface area contributed by atoms with Crippen LogP contribution >= 0.6 is 0 Å². The van der Waals surface area contributed by atoms with Gasteiger partial charge < -0.3 is 0 Å². The third-order valence-electron chi connectivity index (χ3n) is 1.91. The topological polar surface area (TPSA) is 42.9 Å². The molecule has 2 aromatic heterocycles. The Labute approximate surface area is 85.6 Å². The van der Waals surface area contributed by atoms with Gasteiger partial charge in [0, 0.05) is 6.20 Å². The van der Waals surface area contributed by atoms with E-state index in [2.05, 4.69) is 9.97 Å². The summed E-state index contributed by atoms with van der Waals surface area (Å²) in [6.07, 6.45) is 2.00. The number of nitrogens with zero attached hydrogens (tertiary/aromatic N) is 2. The molecule has 2 aromatic rings. The van der Waals surface area contributed by atoms with Crippen LogP contribution in [0.15, 0.2) is 36.5 Å². The molecule has 0 atom stereocenters. The Hall–Kier alpha value is -2.10. The van der Waals surface area contributed by atoms with Crippen LogP contribution in [-0.2, 0) is 0 Å². The van der Waals surface area contributed by atoms with Crippen LogP contribution in [-0.4, -0.2) is 16.3 Å². The van der Waals surface area contributed by atoms with Gasteiger partial charge in [-0.1, -0.05) is 6.07 Å². The average Bonchev–Trinajstić information content (AvgIpc) is 2.31. The summed E-state index contributed by atoms with van der Waals surface area (Å²) >= 11 is 0. The molecule has 0 aliphatic rings. The highest BCUT2D eigenvalue weighted by atomic mass is 19.1. The molecule has 0 radical (unpaired) electrons. The van der Waals surface area contributed by atoms with Crippen LogP contribution in [0.3, 0.4) is 0 Å². The van der Waals surface area contributed by atoms with Gasteiger partial charge in [-0.25, -0.2) is 9.37 Å². The molecule has 0 unspecified atom stereocenters. The van der Waals surface area contributed by atoms with Crippen LogP contribution in [0.1, 0.15) is 10.5 Å². The maximum atomic E-state index is 13.0. The van der Waals surface area contributed by atoms with E-state index < -0.39 is 5.82 Å². The summed E-state index contributed by atoms with van der Waals surface area (Å²) in [6.45, 7) is 0. The molecule has 0 N–H and O–H groups in total. The van der Waals surface area contributed by atoms with Crippen molar-refractivity contribution in [3.05, 3.63) is 48.0 Å². The van der Waals surface area contributed by atoms with E-state index in [1.54, 1.807) is 24.4 Å². The first-order chi connectivity index (χ1) is 7.31. The third kappa shape index (κ3) is 1.88. The lowest BCUT2D eigenvalue weighted by atomic mass is 10.2. The zero-order chi connectivity index (χ0) is 10.7. The van der Waals surface area contributed by atoms with E-state index in [9.17, 15) is 9.18 Å². The molecule has 0 aliphatic heterocycles. The Morgan fingerprint density at radius 1 is 1.13 bits per heavy atom. The number of rotatable bonds is 2. The SMILES string of the molecule is O=Cc1nc(-c2ccccn2)ccc1F. The van der Waals surface area contributed by atoms with Crippen LogP contribution in [0.5, 0.6) is 0 Å². The minimum absolute atomic E-state index is 0.196. The monoisotopic (exact) mass is 202 g/mol. The Balaban J connectivity index is 2.51. The maximum absolute atomic E-state index is 13.0. The summed E-state index contributed by atoms with van der Waals surface area (Å²) in [5.74, 6) is -0.621. The van der Waals surface area contributed by atoms with Crippen molar-refractivity contribution in [2.45, 2.75) is 0 Å². The molecule has 0 saturated heterocycles. The Bertz CT molecular complexity index is 485. The molecule has 0 aromatic carbocycles. The molecular weight excluding hydrogens is 195 g/mol. The predicted molar refractivity (Wildman–Crippen MR) is 52.8 cm³/mol. The Morgan fingerprint density at radius 2 is 2.00 bits per heavy atom. The second-order valence-corrected chi connectivity index (χ2v) is 2.90. The van der Waals surface area contributed by atoms with Gasteiger partial charge in [0.05, 0.1) is 11.4 Å². The summed E-state index contributed by atoms with van der Waals surface area (Å²) in [4.78, 5) is 18.4. The molecule has 15 heavy (non-hydrogen) atoms. The lowest BCUT2D eigenvalue weighted by molar-refractivity contribution is 0.111. The highest BCUT2D eigenvalue weighted by Gasteiger charge is 2.06. The van der Waals surface area contributed by atoms with Crippen molar-refractivity contribution in [1.29, 1.82) is 0 Å². The minimum Gasteiger partial charge on any atom is -0.296 e. The van der Waals surface area contributed by atoms with Crippen LogP contribution in [0.4, 0.5) is 4.39 Å². The number of carbonyl (C=O) groups excluding carboxylic acids is 1. The largest absolute Gasteiger partial charge is 0.296 e. The zero-order valence-electron chi connectivity index (χ0n) is 7.72. The standard InChI is InChI=1S/C11H7FN2O/c12-8-4-5-10(14-11(8)7-15)9-3-1-2-6-13-9/h1-7H. The van der Waals surface area contributed by atoms with Crippen molar-refractivity contribution in [1.82, 2.24) is 9.97 Å². The van der Waals surface area contributed by atoms with Crippen LogP contribution in [0.25, 0.3) is 11.4 Å². The van der Waals surface area contributed by atoms with Gasteiger partial charge in [-0.2, -0.15) is 0 Å². The van der Waals surface area contributed by atoms with E-state index >= 15 is 0 Å². The molecule has 0 bridgehead atoms. The molecule has 0 amide bonds. The molecule has 0 aliphatic carbocycles. The number of aromatic nitrogens is 2. The molecule has 2 heterocycles. The molecule has 3 nitrogen and oxygen atoms in total. The van der Waals surface area contributed by atoms with Gasteiger partial charge in [0.1, 0.15) is 5.69 Å². The van der Waals surface area contributed by atoms with E-state index in [-0.39, 0.29) is 5.69 Å². The summed E-state index contributed by atoms with van der Waals surface area (Å²) in [6, 6.07) is 8.02. The van der Waals surface area contributed by atoms with Crippen molar-refractivity contribution in [2.24, 2.45) is 0 Å². The van der Waals surface area contributed by atoms with Gasteiger partial charge in [0.15, 0.2) is 12.1 Å². The van der Waals surface area contributed by atoms with Crippen LogP contribution in [0.2, 0.25) is 0 Å². The predicted octanol–water partition coefficient (Wildman–Crippen LogP) is 2.10. The maximum Gasteiger partial charge on any atom is 0.171 e. The van der Waals surface area contributed by atoms with Crippen molar-refractivity contribution >= 4 is 6.29 Å². The quantitative estimate of drug-likeness (QED) is 0.700. The van der Waals surface area contributed by atoms with E-state index in [4.69, 9.17) is 0 Å². The van der Waals surface area contributed by atoms with Gasteiger partial charge in [0.2, 0.25) is 0 Å². The zero-order valence-corrected chi connectivity index (χ0v) is 7.72. The molecule has 0 saturated carbocycles. The first-order valence-electron chi connectivity index (χ1n) is 4.34. The summed E-state index contributed by atoms with van der Waals surface area (Å²) < 4.78 is 13.0. The van der Waals surface area contributed by atoms with Crippen molar-refractivity contribution < 1.29 is 9.18 Å². The van der Waals surface area contributed by atoms with E-state index in [1.165, 1.54) is 12.1 Å². The number of hydrogen-bond donors (Lipinski definition) is 0. The lowest BCUT2D eigenvalue weighted by Crippen LogP contribution is -1.95. The Kier molecular flexibility index (Phi) is 2.49. The van der Waals surface area contributed by atoms with E-state index in [0.29, 0.717) is 17.7 Å². The van der Waals surface area contributed by atoms with Gasteiger partial charge in [-0.3, -0.25) is 9.78 Å². The summed E-state index contributed by atoms with van der Waals surface area (Å²) in [5, 5.41) is 0. The second kappa shape index (κ2) is 3.96. The highest BCUT2D eigenvalue weighted by Crippen LogP contribution is 2.14. The molecule has 0 fully saturated rings. The Morgan fingerprint density at radius 3 is 2.67 bits per heavy atom. The van der Waals surface area contributed by atoms with E-state index in [0.717, 1.165) is 0 Å².